The highest BCUT2D eigenvalue weighted by Gasteiger charge is 2.13. The number of benzene rings is 1. The molecule has 128 valence electrons. The lowest BCUT2D eigenvalue weighted by Gasteiger charge is -2.20. The van der Waals surface area contributed by atoms with Gasteiger partial charge in [-0.3, -0.25) is 14.5 Å². The number of nitrogens with zero attached hydrogens (tertiary/aromatic N) is 1. The Hall–Kier alpha value is -1.30. The maximum Gasteiger partial charge on any atom is 0.234 e. The van der Waals surface area contributed by atoms with Gasteiger partial charge in [-0.15, -0.1) is 0 Å². The average Bonchev–Trinajstić information content (AvgIpc) is 2.46. The van der Waals surface area contributed by atoms with Crippen molar-refractivity contribution in [1.82, 2.24) is 10.2 Å². The lowest BCUT2D eigenvalue weighted by molar-refractivity contribution is -0.123. The highest BCUT2D eigenvalue weighted by molar-refractivity contribution is 6.39. The summed E-state index contributed by atoms with van der Waals surface area (Å²) in [4.78, 5) is 25.7. The van der Waals surface area contributed by atoms with E-state index in [1.807, 2.05) is 25.7 Å². The molecule has 0 atom stereocenters. The number of rotatable bonds is 8. The third-order valence-electron chi connectivity index (χ3n) is 3.15. The second-order valence-electron chi connectivity index (χ2n) is 5.49. The molecule has 0 aromatic heterocycles. The van der Waals surface area contributed by atoms with Crippen LogP contribution in [0.15, 0.2) is 18.2 Å². The number of likely N-dealkylation sites (N-methyl/N-ethyl adjacent to an activating group) is 1. The molecule has 0 spiro atoms. The normalized spacial score (nSPS) is 10.9. The number of hydrogen-bond acceptors (Lipinski definition) is 3. The summed E-state index contributed by atoms with van der Waals surface area (Å²) in [6, 6.07) is 5.15. The van der Waals surface area contributed by atoms with Gasteiger partial charge in [0.25, 0.3) is 0 Å². The number of carbonyl (C=O) groups excluding carboxylic acids is 2. The van der Waals surface area contributed by atoms with Gasteiger partial charge in [0.15, 0.2) is 0 Å². The first-order valence-corrected chi connectivity index (χ1v) is 8.34. The second-order valence-corrected chi connectivity index (χ2v) is 6.30. The minimum Gasteiger partial charge on any atom is -0.353 e. The predicted molar refractivity (Wildman–Crippen MR) is 95.1 cm³/mol. The van der Waals surface area contributed by atoms with Gasteiger partial charge in [-0.25, -0.2) is 0 Å². The van der Waals surface area contributed by atoms with Crippen molar-refractivity contribution in [3.8, 4) is 0 Å². The van der Waals surface area contributed by atoms with E-state index >= 15 is 0 Å². The maximum absolute atomic E-state index is 12.0. The van der Waals surface area contributed by atoms with Crippen LogP contribution >= 0.6 is 23.2 Å². The number of halogens is 2. The van der Waals surface area contributed by atoms with E-state index in [1.54, 1.807) is 18.2 Å². The van der Waals surface area contributed by atoms with Crippen molar-refractivity contribution in [2.45, 2.75) is 33.2 Å². The van der Waals surface area contributed by atoms with Gasteiger partial charge < -0.3 is 10.6 Å². The third kappa shape index (κ3) is 7.20. The molecule has 1 rings (SSSR count). The molecular formula is C16H23Cl2N3O2. The molecule has 0 aliphatic rings. The quantitative estimate of drug-likeness (QED) is 0.749. The Morgan fingerprint density at radius 2 is 1.78 bits per heavy atom. The summed E-state index contributed by atoms with van der Waals surface area (Å²) in [5.74, 6) is -0.237. The first kappa shape index (κ1) is 19.7. The molecule has 2 amide bonds. The fourth-order valence-corrected chi connectivity index (χ4v) is 2.49. The van der Waals surface area contributed by atoms with E-state index in [0.29, 0.717) is 28.8 Å². The lowest BCUT2D eigenvalue weighted by Crippen LogP contribution is -2.41. The largest absolute Gasteiger partial charge is 0.353 e. The first-order valence-electron chi connectivity index (χ1n) is 7.59. The topological polar surface area (TPSA) is 61.4 Å². The molecule has 0 fully saturated rings. The zero-order valence-corrected chi connectivity index (χ0v) is 15.2. The molecule has 1 aromatic carbocycles. The standard InChI is InChI=1S/C16H23Cl2N3O2/c1-4-21(10-15(23)19-11(2)3)9-8-14(22)20-16-12(17)6-5-7-13(16)18/h5-7,11H,4,8-10H2,1-3H3,(H,19,23)(H,20,22). The Morgan fingerprint density at radius 1 is 1.17 bits per heavy atom. The van der Waals surface area contributed by atoms with E-state index in [2.05, 4.69) is 10.6 Å². The minimum absolute atomic E-state index is 0.0450. The van der Waals surface area contributed by atoms with Crippen molar-refractivity contribution in [2.24, 2.45) is 0 Å². The molecule has 1 aromatic rings. The summed E-state index contributed by atoms with van der Waals surface area (Å²) in [6.45, 7) is 7.21. The number of amides is 2. The van der Waals surface area contributed by atoms with Crippen LogP contribution in [0.5, 0.6) is 0 Å². The van der Waals surface area contributed by atoms with Gasteiger partial charge in [0, 0.05) is 19.0 Å². The van der Waals surface area contributed by atoms with E-state index in [1.165, 1.54) is 0 Å². The molecule has 0 bridgehead atoms. The Morgan fingerprint density at radius 3 is 2.30 bits per heavy atom. The zero-order valence-electron chi connectivity index (χ0n) is 13.7. The molecule has 0 aliphatic heterocycles. The van der Waals surface area contributed by atoms with Crippen LogP contribution in [-0.4, -0.2) is 42.4 Å². The summed E-state index contributed by atoms with van der Waals surface area (Å²) in [5.41, 5.74) is 0.418. The summed E-state index contributed by atoms with van der Waals surface area (Å²) in [5, 5.41) is 6.34. The molecule has 5 nitrogen and oxygen atoms in total. The summed E-state index contributed by atoms with van der Waals surface area (Å²) in [6.07, 6.45) is 0.254. The third-order valence-corrected chi connectivity index (χ3v) is 3.78. The molecule has 7 heteroatoms. The number of carbonyl (C=O) groups is 2. The average molecular weight is 360 g/mol. The highest BCUT2D eigenvalue weighted by Crippen LogP contribution is 2.29. The van der Waals surface area contributed by atoms with Crippen LogP contribution in [0.2, 0.25) is 10.0 Å². The zero-order chi connectivity index (χ0) is 17.4. The van der Waals surface area contributed by atoms with Crippen LogP contribution in [0.25, 0.3) is 0 Å². The Kier molecular flexibility index (Phi) is 8.37. The minimum atomic E-state index is -0.192. The van der Waals surface area contributed by atoms with Gasteiger partial charge in [0.1, 0.15) is 0 Å². The van der Waals surface area contributed by atoms with Crippen molar-refractivity contribution in [2.75, 3.05) is 25.0 Å². The summed E-state index contributed by atoms with van der Waals surface area (Å²) >= 11 is 12.0. The molecule has 0 saturated heterocycles. The second kappa shape index (κ2) is 9.75. The van der Waals surface area contributed by atoms with E-state index in [9.17, 15) is 9.59 Å². The number of nitrogens with one attached hydrogen (secondary N) is 2. The van der Waals surface area contributed by atoms with E-state index in [4.69, 9.17) is 23.2 Å². The van der Waals surface area contributed by atoms with Crippen molar-refractivity contribution in [3.05, 3.63) is 28.2 Å². The molecule has 0 saturated carbocycles. The van der Waals surface area contributed by atoms with Gasteiger partial charge in [-0.1, -0.05) is 36.2 Å². The van der Waals surface area contributed by atoms with E-state index in [0.717, 1.165) is 0 Å². The SMILES string of the molecule is CCN(CCC(=O)Nc1c(Cl)cccc1Cl)CC(=O)NC(C)C. The summed E-state index contributed by atoms with van der Waals surface area (Å²) in [7, 11) is 0. The van der Waals surface area contributed by atoms with Crippen LogP contribution in [0.3, 0.4) is 0 Å². The molecule has 0 aliphatic carbocycles. The number of para-hydroxylation sites is 1. The van der Waals surface area contributed by atoms with Gasteiger partial charge in [0.2, 0.25) is 11.8 Å². The molecule has 2 N–H and O–H groups in total. The molecule has 23 heavy (non-hydrogen) atoms. The van der Waals surface area contributed by atoms with Gasteiger partial charge in [-0.2, -0.15) is 0 Å². The Labute approximate surface area is 147 Å². The Bertz CT molecular complexity index is 530. The summed E-state index contributed by atoms with van der Waals surface area (Å²) < 4.78 is 0. The Balaban J connectivity index is 2.49. The fourth-order valence-electron chi connectivity index (χ4n) is 2.00. The van der Waals surface area contributed by atoms with Crippen LogP contribution in [-0.2, 0) is 9.59 Å². The highest BCUT2D eigenvalue weighted by atomic mass is 35.5. The number of anilines is 1. The monoisotopic (exact) mass is 359 g/mol. The van der Waals surface area contributed by atoms with Crippen LogP contribution in [0, 0.1) is 0 Å². The predicted octanol–water partition coefficient (Wildman–Crippen LogP) is 3.17. The molecule has 0 radical (unpaired) electrons. The van der Waals surface area contributed by atoms with Crippen LogP contribution in [0.1, 0.15) is 27.2 Å². The maximum atomic E-state index is 12.0. The van der Waals surface area contributed by atoms with E-state index < -0.39 is 0 Å². The first-order chi connectivity index (χ1) is 10.8. The van der Waals surface area contributed by atoms with Gasteiger partial charge >= 0.3 is 0 Å². The molecular weight excluding hydrogens is 337 g/mol. The van der Waals surface area contributed by atoms with Crippen molar-refractivity contribution in [3.63, 3.8) is 0 Å². The van der Waals surface area contributed by atoms with Crippen LogP contribution in [0.4, 0.5) is 5.69 Å². The fraction of sp³-hybridized carbons (Fsp3) is 0.500. The van der Waals surface area contributed by atoms with Gasteiger partial charge in [0.05, 0.1) is 22.3 Å². The lowest BCUT2D eigenvalue weighted by atomic mass is 10.3. The van der Waals surface area contributed by atoms with Crippen molar-refractivity contribution < 1.29 is 9.59 Å². The smallest absolute Gasteiger partial charge is 0.234 e. The van der Waals surface area contributed by atoms with Crippen molar-refractivity contribution in [1.29, 1.82) is 0 Å². The van der Waals surface area contributed by atoms with Crippen molar-refractivity contribution >= 4 is 40.7 Å². The molecule has 0 unspecified atom stereocenters. The van der Waals surface area contributed by atoms with Gasteiger partial charge in [-0.05, 0) is 32.5 Å². The van der Waals surface area contributed by atoms with E-state index in [-0.39, 0.29) is 30.8 Å². The van der Waals surface area contributed by atoms with Crippen LogP contribution < -0.4 is 10.6 Å². The molecule has 0 heterocycles. The number of hydrogen-bond donors (Lipinski definition) is 2.